The minimum Gasteiger partial charge on any atom is -0.481 e. The molecule has 3 rings (SSSR count). The minimum atomic E-state index is -0.902. The lowest BCUT2D eigenvalue weighted by Crippen LogP contribution is -2.32. The van der Waals surface area contributed by atoms with Gasteiger partial charge in [0.1, 0.15) is 0 Å². The van der Waals surface area contributed by atoms with E-state index in [-0.39, 0.29) is 12.3 Å². The summed E-state index contributed by atoms with van der Waals surface area (Å²) in [5.41, 5.74) is 2.76. The van der Waals surface area contributed by atoms with Gasteiger partial charge in [-0.05, 0) is 54.7 Å². The number of carboxylic acid groups (broad SMARTS) is 1. The van der Waals surface area contributed by atoms with Crippen LogP contribution in [-0.4, -0.2) is 22.0 Å². The van der Waals surface area contributed by atoms with Gasteiger partial charge in [0.15, 0.2) is 0 Å². The molecule has 1 aliphatic carbocycles. The van der Waals surface area contributed by atoms with Crippen molar-refractivity contribution in [3.05, 3.63) is 48.3 Å². The second-order valence-corrected chi connectivity index (χ2v) is 6.78. The van der Waals surface area contributed by atoms with Crippen molar-refractivity contribution in [2.24, 2.45) is 5.41 Å². The monoisotopic (exact) mass is 338 g/mol. The van der Waals surface area contributed by atoms with Crippen LogP contribution in [0.2, 0.25) is 0 Å². The molecule has 2 N–H and O–H groups in total. The smallest absolute Gasteiger partial charge is 0.310 e. The van der Waals surface area contributed by atoms with E-state index >= 15 is 0 Å². The van der Waals surface area contributed by atoms with Gasteiger partial charge in [0, 0.05) is 24.5 Å². The lowest BCUT2D eigenvalue weighted by Gasteiger charge is -2.23. The number of carboxylic acids is 1. The standard InChI is InChI=1S/C20H22N2O3/c1-14-4-5-16(15-6-10-21-11-7-15)12-17(14)22-18(23)13-20(19(24)25)8-2-3-9-20/h4-7,10-12H,2-3,8-9,13H2,1H3,(H,22,23)(H,24,25). The van der Waals surface area contributed by atoms with E-state index in [0.717, 1.165) is 35.2 Å². The number of amides is 1. The van der Waals surface area contributed by atoms with Crippen LogP contribution >= 0.6 is 0 Å². The lowest BCUT2D eigenvalue weighted by atomic mass is 9.82. The number of pyridine rings is 1. The third-order valence-corrected chi connectivity index (χ3v) is 5.04. The molecule has 5 nitrogen and oxygen atoms in total. The molecular formula is C20H22N2O3. The Morgan fingerprint density at radius 3 is 2.44 bits per heavy atom. The summed E-state index contributed by atoms with van der Waals surface area (Å²) in [6.07, 6.45) is 6.37. The van der Waals surface area contributed by atoms with Crippen LogP contribution in [-0.2, 0) is 9.59 Å². The van der Waals surface area contributed by atoms with Gasteiger partial charge in [-0.1, -0.05) is 25.0 Å². The quantitative estimate of drug-likeness (QED) is 0.862. The SMILES string of the molecule is Cc1ccc(-c2ccncc2)cc1NC(=O)CC1(C(=O)O)CCCC1. The summed E-state index contributed by atoms with van der Waals surface area (Å²) in [5, 5.41) is 12.4. The number of hydrogen-bond donors (Lipinski definition) is 2. The number of aliphatic carboxylic acids is 1. The first-order valence-electron chi connectivity index (χ1n) is 8.54. The maximum absolute atomic E-state index is 12.5. The summed E-state index contributed by atoms with van der Waals surface area (Å²) in [6, 6.07) is 9.69. The first-order chi connectivity index (χ1) is 12.0. The van der Waals surface area contributed by atoms with Gasteiger partial charge in [0.05, 0.1) is 5.41 Å². The molecule has 1 aromatic carbocycles. The van der Waals surface area contributed by atoms with Crippen molar-refractivity contribution in [1.29, 1.82) is 0 Å². The number of rotatable bonds is 5. The molecule has 0 spiro atoms. The van der Waals surface area contributed by atoms with Crippen molar-refractivity contribution < 1.29 is 14.7 Å². The first kappa shape index (κ1) is 17.1. The van der Waals surface area contributed by atoms with E-state index in [1.165, 1.54) is 0 Å². The lowest BCUT2D eigenvalue weighted by molar-refractivity contribution is -0.150. The minimum absolute atomic E-state index is 0.0290. The average molecular weight is 338 g/mol. The van der Waals surface area contributed by atoms with Crippen LogP contribution in [0.1, 0.15) is 37.7 Å². The van der Waals surface area contributed by atoms with Gasteiger partial charge in [0.2, 0.25) is 5.91 Å². The zero-order chi connectivity index (χ0) is 17.9. The number of carbonyl (C=O) groups excluding carboxylic acids is 1. The predicted octanol–water partition coefficient (Wildman–Crippen LogP) is 4.03. The van der Waals surface area contributed by atoms with Crippen molar-refractivity contribution in [2.75, 3.05) is 5.32 Å². The van der Waals surface area contributed by atoms with E-state index in [1.807, 2.05) is 37.3 Å². The van der Waals surface area contributed by atoms with Gasteiger partial charge >= 0.3 is 5.97 Å². The summed E-state index contributed by atoms with van der Waals surface area (Å²) >= 11 is 0. The van der Waals surface area contributed by atoms with Crippen LogP contribution in [0.5, 0.6) is 0 Å². The second-order valence-electron chi connectivity index (χ2n) is 6.78. The Kier molecular flexibility index (Phi) is 4.83. The molecule has 1 fully saturated rings. The molecule has 0 unspecified atom stereocenters. The highest BCUT2D eigenvalue weighted by molar-refractivity contribution is 5.95. The Labute approximate surface area is 147 Å². The molecule has 1 amide bonds. The van der Waals surface area contributed by atoms with E-state index in [0.29, 0.717) is 12.8 Å². The number of hydrogen-bond acceptors (Lipinski definition) is 3. The van der Waals surface area contributed by atoms with Crippen LogP contribution in [0.25, 0.3) is 11.1 Å². The largest absolute Gasteiger partial charge is 0.481 e. The number of nitrogens with zero attached hydrogens (tertiary/aromatic N) is 1. The zero-order valence-electron chi connectivity index (χ0n) is 14.3. The van der Waals surface area contributed by atoms with Gasteiger partial charge < -0.3 is 10.4 Å². The summed E-state index contributed by atoms with van der Waals surface area (Å²) in [5.74, 6) is -1.10. The fourth-order valence-corrected chi connectivity index (χ4v) is 3.50. The number of carbonyl (C=O) groups is 2. The molecular weight excluding hydrogens is 316 g/mol. The Bertz CT molecular complexity index is 781. The predicted molar refractivity (Wildman–Crippen MR) is 96.2 cm³/mol. The maximum Gasteiger partial charge on any atom is 0.310 e. The highest BCUT2D eigenvalue weighted by Gasteiger charge is 2.43. The van der Waals surface area contributed by atoms with E-state index in [9.17, 15) is 14.7 Å². The third-order valence-electron chi connectivity index (χ3n) is 5.04. The second kappa shape index (κ2) is 7.05. The molecule has 1 saturated carbocycles. The van der Waals surface area contributed by atoms with Gasteiger partial charge in [-0.3, -0.25) is 14.6 Å². The summed E-state index contributed by atoms with van der Waals surface area (Å²) in [6.45, 7) is 1.93. The average Bonchev–Trinajstić information content (AvgIpc) is 3.07. The van der Waals surface area contributed by atoms with Crippen molar-refractivity contribution >= 4 is 17.6 Å². The van der Waals surface area contributed by atoms with Gasteiger partial charge in [-0.25, -0.2) is 0 Å². The van der Waals surface area contributed by atoms with Crippen molar-refractivity contribution in [1.82, 2.24) is 4.98 Å². The number of aromatic nitrogens is 1. The molecule has 1 heterocycles. The Morgan fingerprint density at radius 2 is 1.80 bits per heavy atom. The zero-order valence-corrected chi connectivity index (χ0v) is 14.3. The van der Waals surface area contributed by atoms with E-state index in [2.05, 4.69) is 10.3 Å². The normalized spacial score (nSPS) is 15.7. The molecule has 0 radical (unpaired) electrons. The highest BCUT2D eigenvalue weighted by Crippen LogP contribution is 2.41. The van der Waals surface area contributed by atoms with Gasteiger partial charge in [-0.2, -0.15) is 0 Å². The topological polar surface area (TPSA) is 79.3 Å². The van der Waals surface area contributed by atoms with Crippen molar-refractivity contribution in [3.63, 3.8) is 0 Å². The molecule has 2 aromatic rings. The molecule has 1 aromatic heterocycles. The molecule has 5 heteroatoms. The number of aryl methyl sites for hydroxylation is 1. The van der Waals surface area contributed by atoms with E-state index in [4.69, 9.17) is 0 Å². The van der Waals surface area contributed by atoms with Crippen LogP contribution in [0.4, 0.5) is 5.69 Å². The van der Waals surface area contributed by atoms with Crippen LogP contribution in [0.3, 0.4) is 0 Å². The molecule has 0 aliphatic heterocycles. The van der Waals surface area contributed by atoms with Crippen LogP contribution in [0.15, 0.2) is 42.7 Å². The van der Waals surface area contributed by atoms with Crippen LogP contribution < -0.4 is 5.32 Å². The fourth-order valence-electron chi connectivity index (χ4n) is 3.50. The fraction of sp³-hybridized carbons (Fsp3) is 0.350. The summed E-state index contributed by atoms with van der Waals surface area (Å²) in [4.78, 5) is 28.1. The van der Waals surface area contributed by atoms with Gasteiger partial charge in [-0.15, -0.1) is 0 Å². The van der Waals surface area contributed by atoms with Crippen molar-refractivity contribution in [3.8, 4) is 11.1 Å². The van der Waals surface area contributed by atoms with E-state index < -0.39 is 11.4 Å². The highest BCUT2D eigenvalue weighted by atomic mass is 16.4. The number of benzene rings is 1. The Hall–Kier alpha value is -2.69. The maximum atomic E-state index is 12.5. The molecule has 25 heavy (non-hydrogen) atoms. The first-order valence-corrected chi connectivity index (χ1v) is 8.54. The third kappa shape index (κ3) is 3.71. The molecule has 0 bridgehead atoms. The van der Waals surface area contributed by atoms with Gasteiger partial charge in [0.25, 0.3) is 0 Å². The van der Waals surface area contributed by atoms with Crippen LogP contribution in [0, 0.1) is 12.3 Å². The molecule has 1 aliphatic rings. The number of anilines is 1. The molecule has 130 valence electrons. The van der Waals surface area contributed by atoms with E-state index in [1.54, 1.807) is 12.4 Å². The summed E-state index contributed by atoms with van der Waals surface area (Å²) < 4.78 is 0. The number of nitrogens with one attached hydrogen (secondary N) is 1. The Balaban J connectivity index is 1.78. The Morgan fingerprint density at radius 1 is 1.12 bits per heavy atom. The molecule has 0 atom stereocenters. The van der Waals surface area contributed by atoms with Crippen molar-refractivity contribution in [2.45, 2.75) is 39.0 Å². The summed E-state index contributed by atoms with van der Waals surface area (Å²) in [7, 11) is 0. The molecule has 0 saturated heterocycles.